The molecule has 1 N–H and O–H groups in total. The Labute approximate surface area is 83.8 Å². The van der Waals surface area contributed by atoms with E-state index in [1.165, 1.54) is 21.9 Å². The first-order chi connectivity index (χ1) is 6.83. The molecule has 1 aliphatic heterocycles. The maximum atomic E-state index is 3.33. The molecule has 0 spiro atoms. The minimum Gasteiger partial charge on any atom is -0.307 e. The Balaban J connectivity index is 2.20. The van der Waals surface area contributed by atoms with Crippen LogP contribution in [-0.4, -0.2) is 6.54 Å². The van der Waals surface area contributed by atoms with Gasteiger partial charge < -0.3 is 5.32 Å². The average Bonchev–Trinajstić information content (AvgIpc) is 3.00. The largest absolute Gasteiger partial charge is 0.307 e. The van der Waals surface area contributed by atoms with Crippen LogP contribution in [0.3, 0.4) is 0 Å². The zero-order valence-electron chi connectivity index (χ0n) is 8.25. The Hall–Kier alpha value is -1.34. The van der Waals surface area contributed by atoms with E-state index in [-0.39, 0.29) is 0 Å². The molecule has 70 valence electrons. The minimum atomic E-state index is 0.611. The highest BCUT2D eigenvalue weighted by Gasteiger charge is 2.21. The van der Waals surface area contributed by atoms with E-state index in [4.69, 9.17) is 0 Å². The van der Waals surface area contributed by atoms with Crippen molar-refractivity contribution < 1.29 is 0 Å². The maximum absolute atomic E-state index is 3.33. The first-order valence-electron chi connectivity index (χ1n) is 5.07. The van der Waals surface area contributed by atoms with Crippen molar-refractivity contribution in [2.75, 3.05) is 6.54 Å². The molecule has 2 aromatic rings. The quantitative estimate of drug-likeness (QED) is 0.675. The van der Waals surface area contributed by atoms with Gasteiger partial charge in [0, 0.05) is 12.6 Å². The molecule has 1 heteroatoms. The normalized spacial score (nSPS) is 19.9. The molecule has 0 amide bonds. The maximum Gasteiger partial charge on any atom is 0.0447 e. The molecule has 3 rings (SSSR count). The van der Waals surface area contributed by atoms with Gasteiger partial charge in [-0.15, -0.1) is 0 Å². The third kappa shape index (κ3) is 1.30. The molecule has 14 heavy (non-hydrogen) atoms. The lowest BCUT2D eigenvalue weighted by molar-refractivity contribution is 1.08. The van der Waals surface area contributed by atoms with Gasteiger partial charge in [0.25, 0.3) is 0 Å². The molecule has 1 saturated heterocycles. The fraction of sp³-hybridized carbons (Fsp3) is 0.231. The fourth-order valence-electron chi connectivity index (χ4n) is 1.90. The predicted molar refractivity (Wildman–Crippen MR) is 59.4 cm³/mol. The molecule has 1 heterocycles. The molecule has 0 aromatic heterocycles. The Bertz CT molecular complexity index is 484. The van der Waals surface area contributed by atoms with Crippen molar-refractivity contribution in [2.45, 2.75) is 13.0 Å². The third-order valence-corrected chi connectivity index (χ3v) is 2.83. The lowest BCUT2D eigenvalue weighted by Gasteiger charge is -2.02. The van der Waals surface area contributed by atoms with E-state index in [9.17, 15) is 0 Å². The highest BCUT2D eigenvalue weighted by molar-refractivity contribution is 5.84. The Morgan fingerprint density at radius 2 is 1.86 bits per heavy atom. The van der Waals surface area contributed by atoms with Crippen LogP contribution in [0.25, 0.3) is 10.8 Å². The lowest BCUT2D eigenvalue weighted by Crippen LogP contribution is -1.84. The lowest BCUT2D eigenvalue weighted by atomic mass is 10.0. The van der Waals surface area contributed by atoms with Gasteiger partial charge in [-0.3, -0.25) is 0 Å². The molecule has 0 bridgehead atoms. The second-order valence-corrected chi connectivity index (χ2v) is 4.07. The van der Waals surface area contributed by atoms with Gasteiger partial charge in [-0.25, -0.2) is 0 Å². The summed E-state index contributed by atoms with van der Waals surface area (Å²) in [4.78, 5) is 0. The van der Waals surface area contributed by atoms with Crippen molar-refractivity contribution in [3.8, 4) is 0 Å². The molecule has 1 fully saturated rings. The van der Waals surface area contributed by atoms with Gasteiger partial charge in [0.1, 0.15) is 0 Å². The van der Waals surface area contributed by atoms with Gasteiger partial charge >= 0.3 is 0 Å². The summed E-state index contributed by atoms with van der Waals surface area (Å²) < 4.78 is 0. The van der Waals surface area contributed by atoms with Gasteiger partial charge in [0.15, 0.2) is 0 Å². The van der Waals surface area contributed by atoms with Crippen LogP contribution in [0.15, 0.2) is 36.4 Å². The van der Waals surface area contributed by atoms with E-state index in [2.05, 4.69) is 48.6 Å². The van der Waals surface area contributed by atoms with Crippen molar-refractivity contribution in [3.63, 3.8) is 0 Å². The second kappa shape index (κ2) is 2.82. The predicted octanol–water partition coefficient (Wildman–Crippen LogP) is 2.79. The molecule has 1 atom stereocenters. The van der Waals surface area contributed by atoms with E-state index in [1.807, 2.05) is 0 Å². The highest BCUT2D eigenvalue weighted by atomic mass is 15.1. The van der Waals surface area contributed by atoms with Gasteiger partial charge in [0.2, 0.25) is 0 Å². The molecule has 0 aliphatic carbocycles. The monoisotopic (exact) mass is 183 g/mol. The summed E-state index contributed by atoms with van der Waals surface area (Å²) >= 11 is 0. The number of hydrogen-bond acceptors (Lipinski definition) is 1. The van der Waals surface area contributed by atoms with Crippen LogP contribution in [0.4, 0.5) is 0 Å². The van der Waals surface area contributed by atoms with Crippen LogP contribution in [0.2, 0.25) is 0 Å². The van der Waals surface area contributed by atoms with Gasteiger partial charge in [-0.1, -0.05) is 35.9 Å². The highest BCUT2D eigenvalue weighted by Crippen LogP contribution is 2.25. The number of benzene rings is 2. The van der Waals surface area contributed by atoms with Crippen molar-refractivity contribution in [2.24, 2.45) is 0 Å². The molecule has 0 radical (unpaired) electrons. The van der Waals surface area contributed by atoms with Crippen LogP contribution < -0.4 is 5.32 Å². The van der Waals surface area contributed by atoms with E-state index < -0.39 is 0 Å². The van der Waals surface area contributed by atoms with E-state index in [0.29, 0.717) is 6.04 Å². The summed E-state index contributed by atoms with van der Waals surface area (Å²) in [7, 11) is 0. The van der Waals surface area contributed by atoms with Crippen LogP contribution in [0.5, 0.6) is 0 Å². The summed E-state index contributed by atoms with van der Waals surface area (Å²) in [6.45, 7) is 3.28. The first kappa shape index (κ1) is 8.01. The number of rotatable bonds is 1. The van der Waals surface area contributed by atoms with E-state index in [1.54, 1.807) is 0 Å². The molecular formula is C13H13N. The molecule has 1 nitrogen and oxygen atoms in total. The second-order valence-electron chi connectivity index (χ2n) is 4.07. The van der Waals surface area contributed by atoms with Crippen molar-refractivity contribution in [1.29, 1.82) is 0 Å². The van der Waals surface area contributed by atoms with Crippen molar-refractivity contribution in [1.82, 2.24) is 5.32 Å². The molecule has 1 unspecified atom stereocenters. The fourth-order valence-corrected chi connectivity index (χ4v) is 1.90. The van der Waals surface area contributed by atoms with Gasteiger partial charge in [-0.2, -0.15) is 0 Å². The van der Waals surface area contributed by atoms with Crippen LogP contribution >= 0.6 is 0 Å². The van der Waals surface area contributed by atoms with E-state index >= 15 is 0 Å². The van der Waals surface area contributed by atoms with Crippen molar-refractivity contribution >= 4 is 10.8 Å². The molecule has 0 saturated carbocycles. The summed E-state index contributed by atoms with van der Waals surface area (Å²) in [5, 5.41) is 6.02. The van der Waals surface area contributed by atoms with Crippen molar-refractivity contribution in [3.05, 3.63) is 47.5 Å². The van der Waals surface area contributed by atoms with Crippen LogP contribution in [-0.2, 0) is 0 Å². The first-order valence-corrected chi connectivity index (χ1v) is 5.07. The average molecular weight is 183 g/mol. The minimum absolute atomic E-state index is 0.611. The Morgan fingerprint density at radius 3 is 2.64 bits per heavy atom. The Kier molecular flexibility index (Phi) is 1.62. The zero-order chi connectivity index (χ0) is 9.54. The van der Waals surface area contributed by atoms with Crippen LogP contribution in [0.1, 0.15) is 17.2 Å². The standard InChI is InChI=1S/C13H13N/c1-9-2-3-10-4-5-11(13-8-14-13)7-12(10)6-9/h2-7,13-14H,8H2,1H3. The molecular weight excluding hydrogens is 170 g/mol. The summed E-state index contributed by atoms with van der Waals surface area (Å²) in [5.41, 5.74) is 2.75. The molecule has 2 aromatic carbocycles. The topological polar surface area (TPSA) is 21.9 Å². The van der Waals surface area contributed by atoms with Crippen LogP contribution in [0, 0.1) is 6.92 Å². The zero-order valence-corrected chi connectivity index (χ0v) is 8.25. The van der Waals surface area contributed by atoms with Gasteiger partial charge in [0.05, 0.1) is 0 Å². The van der Waals surface area contributed by atoms with Gasteiger partial charge in [-0.05, 0) is 29.3 Å². The number of hydrogen-bond donors (Lipinski definition) is 1. The van der Waals surface area contributed by atoms with E-state index in [0.717, 1.165) is 6.54 Å². The number of fused-ring (bicyclic) bond motifs is 1. The summed E-state index contributed by atoms with van der Waals surface area (Å²) in [6, 6.07) is 14.0. The molecule has 1 aliphatic rings. The number of nitrogens with one attached hydrogen (secondary N) is 1. The SMILES string of the molecule is Cc1ccc2ccc(C3CN3)cc2c1. The summed E-state index contributed by atoms with van der Waals surface area (Å²) in [5.74, 6) is 0. The summed E-state index contributed by atoms with van der Waals surface area (Å²) in [6.07, 6.45) is 0. The number of aryl methyl sites for hydroxylation is 1. The third-order valence-electron chi connectivity index (χ3n) is 2.83. The Morgan fingerprint density at radius 1 is 1.07 bits per heavy atom. The smallest absolute Gasteiger partial charge is 0.0447 e.